The Kier molecular flexibility index (Phi) is 2.34. The topological polar surface area (TPSA) is 30.2 Å². The minimum atomic E-state index is 0.499. The van der Waals surface area contributed by atoms with E-state index in [1.54, 1.807) is 6.20 Å². The summed E-state index contributed by atoms with van der Waals surface area (Å²) in [7, 11) is 0. The van der Waals surface area contributed by atoms with Crippen molar-refractivity contribution in [3.05, 3.63) is 53.6 Å². The zero-order valence-corrected chi connectivity index (χ0v) is 10.0. The summed E-state index contributed by atoms with van der Waals surface area (Å²) in [5, 5.41) is 4.79. The molecule has 0 unspecified atom stereocenters. The first-order valence-corrected chi connectivity index (χ1v) is 5.68. The Morgan fingerprint density at radius 1 is 1.18 bits per heavy atom. The van der Waals surface area contributed by atoms with E-state index in [4.69, 9.17) is 11.6 Å². The summed E-state index contributed by atoms with van der Waals surface area (Å²) in [6, 6.07) is 7.91. The predicted molar refractivity (Wildman–Crippen MR) is 68.2 cm³/mol. The molecule has 0 fully saturated rings. The molecule has 3 rings (SSSR count). The number of pyridine rings is 2. The second-order valence-electron chi connectivity index (χ2n) is 3.94. The summed E-state index contributed by atoms with van der Waals surface area (Å²) in [5.41, 5.74) is 4.41. The molecule has 0 atom stereocenters. The SMILES string of the molecule is Cc1cnn2cc(-c3ccnc(Cl)c3)ccc12. The van der Waals surface area contributed by atoms with E-state index in [-0.39, 0.29) is 0 Å². The van der Waals surface area contributed by atoms with Crippen molar-refractivity contribution < 1.29 is 0 Å². The van der Waals surface area contributed by atoms with E-state index in [9.17, 15) is 0 Å². The molecular formula is C13H10ClN3. The van der Waals surface area contributed by atoms with Gasteiger partial charge < -0.3 is 0 Å². The lowest BCUT2D eigenvalue weighted by Crippen LogP contribution is -1.88. The highest BCUT2D eigenvalue weighted by atomic mass is 35.5. The van der Waals surface area contributed by atoms with Crippen LogP contribution in [0.5, 0.6) is 0 Å². The monoisotopic (exact) mass is 243 g/mol. The summed E-state index contributed by atoms with van der Waals surface area (Å²) < 4.78 is 1.87. The van der Waals surface area contributed by atoms with Crippen LogP contribution in [0, 0.1) is 6.92 Å². The van der Waals surface area contributed by atoms with Gasteiger partial charge in [0.1, 0.15) is 5.15 Å². The quantitative estimate of drug-likeness (QED) is 0.614. The Morgan fingerprint density at radius 3 is 2.88 bits per heavy atom. The molecule has 3 nitrogen and oxygen atoms in total. The number of aromatic nitrogens is 3. The number of hydrogen-bond acceptors (Lipinski definition) is 2. The van der Waals surface area contributed by atoms with Crippen LogP contribution in [0.4, 0.5) is 0 Å². The highest BCUT2D eigenvalue weighted by Gasteiger charge is 2.03. The van der Waals surface area contributed by atoms with Crippen molar-refractivity contribution in [2.24, 2.45) is 0 Å². The molecule has 0 saturated heterocycles. The molecule has 0 aliphatic rings. The van der Waals surface area contributed by atoms with Crippen LogP contribution in [0.15, 0.2) is 42.9 Å². The Balaban J connectivity index is 2.18. The average Bonchev–Trinajstić information content (AvgIpc) is 2.71. The molecule has 0 aliphatic heterocycles. The first-order valence-electron chi connectivity index (χ1n) is 5.30. The molecule has 0 amide bonds. The number of rotatable bonds is 1. The second-order valence-corrected chi connectivity index (χ2v) is 4.33. The number of fused-ring (bicyclic) bond motifs is 1. The van der Waals surface area contributed by atoms with Crippen LogP contribution in [0.3, 0.4) is 0 Å². The summed E-state index contributed by atoms with van der Waals surface area (Å²) in [4.78, 5) is 3.97. The fraction of sp³-hybridized carbons (Fsp3) is 0.0769. The summed E-state index contributed by atoms with van der Waals surface area (Å²) in [6.07, 6.45) is 5.56. The van der Waals surface area contributed by atoms with E-state index in [0.717, 1.165) is 16.6 Å². The molecule has 84 valence electrons. The highest BCUT2D eigenvalue weighted by Crippen LogP contribution is 2.22. The highest BCUT2D eigenvalue weighted by molar-refractivity contribution is 6.29. The normalized spacial score (nSPS) is 10.9. The lowest BCUT2D eigenvalue weighted by atomic mass is 10.1. The fourth-order valence-corrected chi connectivity index (χ4v) is 2.04. The van der Waals surface area contributed by atoms with E-state index in [2.05, 4.69) is 22.2 Å². The van der Waals surface area contributed by atoms with Gasteiger partial charge in [-0.25, -0.2) is 9.50 Å². The van der Waals surface area contributed by atoms with Crippen molar-refractivity contribution in [1.29, 1.82) is 0 Å². The van der Waals surface area contributed by atoms with Crippen LogP contribution in [-0.2, 0) is 0 Å². The first kappa shape index (κ1) is 10.3. The molecule has 0 N–H and O–H groups in total. The van der Waals surface area contributed by atoms with Crippen LogP contribution in [0.2, 0.25) is 5.15 Å². The minimum absolute atomic E-state index is 0.499. The average molecular weight is 244 g/mol. The Labute approximate surface area is 104 Å². The summed E-state index contributed by atoms with van der Waals surface area (Å²) >= 11 is 5.88. The van der Waals surface area contributed by atoms with Crippen LogP contribution in [0.25, 0.3) is 16.6 Å². The van der Waals surface area contributed by atoms with Crippen molar-refractivity contribution in [3.63, 3.8) is 0 Å². The lowest BCUT2D eigenvalue weighted by Gasteiger charge is -2.03. The first-order chi connectivity index (χ1) is 8.24. The van der Waals surface area contributed by atoms with Gasteiger partial charge in [0, 0.05) is 18.0 Å². The molecule has 3 aromatic heterocycles. The molecule has 0 radical (unpaired) electrons. The lowest BCUT2D eigenvalue weighted by molar-refractivity contribution is 0.963. The van der Waals surface area contributed by atoms with Crippen LogP contribution >= 0.6 is 11.6 Å². The Hall–Kier alpha value is -1.87. The summed E-state index contributed by atoms with van der Waals surface area (Å²) in [6.45, 7) is 2.05. The zero-order valence-electron chi connectivity index (χ0n) is 9.26. The fourth-order valence-electron chi connectivity index (χ4n) is 1.86. The molecule has 4 heteroatoms. The van der Waals surface area contributed by atoms with E-state index in [1.807, 2.05) is 36.0 Å². The van der Waals surface area contributed by atoms with Gasteiger partial charge in [0.15, 0.2) is 0 Å². The molecule has 3 heterocycles. The van der Waals surface area contributed by atoms with E-state index >= 15 is 0 Å². The zero-order chi connectivity index (χ0) is 11.8. The van der Waals surface area contributed by atoms with Gasteiger partial charge in [-0.05, 0) is 36.2 Å². The van der Waals surface area contributed by atoms with Crippen molar-refractivity contribution in [2.75, 3.05) is 0 Å². The molecule has 0 spiro atoms. The number of halogens is 1. The van der Waals surface area contributed by atoms with Crippen molar-refractivity contribution >= 4 is 17.1 Å². The Morgan fingerprint density at radius 2 is 2.06 bits per heavy atom. The van der Waals surface area contributed by atoms with E-state index < -0.39 is 0 Å². The third-order valence-corrected chi connectivity index (χ3v) is 2.98. The molecule has 0 bridgehead atoms. The van der Waals surface area contributed by atoms with Crippen LogP contribution in [-0.4, -0.2) is 14.6 Å². The molecular weight excluding hydrogens is 234 g/mol. The molecule has 0 aliphatic carbocycles. The van der Waals surface area contributed by atoms with Gasteiger partial charge in [0.05, 0.1) is 11.7 Å². The minimum Gasteiger partial charge on any atom is -0.245 e. The van der Waals surface area contributed by atoms with Crippen molar-refractivity contribution in [1.82, 2.24) is 14.6 Å². The smallest absolute Gasteiger partial charge is 0.129 e. The van der Waals surface area contributed by atoms with Crippen LogP contribution in [0.1, 0.15) is 5.56 Å². The van der Waals surface area contributed by atoms with Gasteiger partial charge in [-0.1, -0.05) is 17.7 Å². The molecule has 0 aromatic carbocycles. The van der Waals surface area contributed by atoms with Crippen molar-refractivity contribution in [3.8, 4) is 11.1 Å². The third kappa shape index (κ3) is 1.78. The number of nitrogens with zero attached hydrogens (tertiary/aromatic N) is 3. The van der Waals surface area contributed by atoms with Gasteiger partial charge in [0.2, 0.25) is 0 Å². The van der Waals surface area contributed by atoms with Gasteiger partial charge >= 0.3 is 0 Å². The van der Waals surface area contributed by atoms with Crippen LogP contribution < -0.4 is 0 Å². The number of aryl methyl sites for hydroxylation is 1. The second kappa shape index (κ2) is 3.86. The van der Waals surface area contributed by atoms with Gasteiger partial charge in [0.25, 0.3) is 0 Å². The predicted octanol–water partition coefficient (Wildman–Crippen LogP) is 3.36. The van der Waals surface area contributed by atoms with Gasteiger partial charge in [-0.3, -0.25) is 0 Å². The van der Waals surface area contributed by atoms with Crippen molar-refractivity contribution in [2.45, 2.75) is 6.92 Å². The third-order valence-electron chi connectivity index (χ3n) is 2.77. The van der Waals surface area contributed by atoms with E-state index in [0.29, 0.717) is 5.15 Å². The molecule has 3 aromatic rings. The van der Waals surface area contributed by atoms with E-state index in [1.165, 1.54) is 5.56 Å². The maximum atomic E-state index is 5.88. The largest absolute Gasteiger partial charge is 0.245 e. The standard InChI is InChI=1S/C13H10ClN3/c1-9-7-16-17-8-11(2-3-12(9)17)10-4-5-15-13(14)6-10/h2-8H,1H3. The number of hydrogen-bond donors (Lipinski definition) is 0. The van der Waals surface area contributed by atoms with Gasteiger partial charge in [-0.2, -0.15) is 5.10 Å². The van der Waals surface area contributed by atoms with Gasteiger partial charge in [-0.15, -0.1) is 0 Å². The Bertz CT molecular complexity index is 688. The molecule has 0 saturated carbocycles. The summed E-state index contributed by atoms with van der Waals surface area (Å²) in [5.74, 6) is 0. The molecule has 17 heavy (non-hydrogen) atoms. The maximum Gasteiger partial charge on any atom is 0.129 e. The maximum absolute atomic E-state index is 5.88.